The molecule has 202 valence electrons. The number of amides is 1. The number of rotatable bonds is 8. The van der Waals surface area contributed by atoms with E-state index in [0.29, 0.717) is 12.2 Å². The van der Waals surface area contributed by atoms with E-state index in [1.807, 2.05) is 17.6 Å². The molecule has 0 bridgehead atoms. The minimum absolute atomic E-state index is 0.0184. The Morgan fingerprint density at radius 2 is 1.82 bits per heavy atom. The lowest BCUT2D eigenvalue weighted by Crippen LogP contribution is -2.43. The van der Waals surface area contributed by atoms with Gasteiger partial charge in [0.2, 0.25) is 15.9 Å². The summed E-state index contributed by atoms with van der Waals surface area (Å²) in [6.45, 7) is 0. The van der Waals surface area contributed by atoms with Gasteiger partial charge in [-0.15, -0.1) is 0 Å². The lowest BCUT2D eigenvalue weighted by atomic mass is 9.72. The van der Waals surface area contributed by atoms with Gasteiger partial charge in [0.25, 0.3) is 0 Å². The standard InChI is InChI=1S/C29H36N4O3S2/c1-33(38(2,35)36)24-10-4-20(5-11-24)16-28(34)32-27-17-25(22-12-15-37-19-22)26(18-31-27)21-6-8-23(9-7-21)29(30)13-3-14-29/h6-9,12,15,17-20,24H,3-5,10-11,13-14,16,30H2,1-2H3,(H,31,32,34). The Balaban J connectivity index is 1.27. The number of aromatic nitrogens is 1. The second kappa shape index (κ2) is 10.9. The van der Waals surface area contributed by atoms with Gasteiger partial charge in [0.05, 0.1) is 6.26 Å². The number of nitrogens with one attached hydrogen (secondary N) is 1. The smallest absolute Gasteiger partial charge is 0.225 e. The molecule has 3 aromatic rings. The van der Waals surface area contributed by atoms with E-state index >= 15 is 0 Å². The van der Waals surface area contributed by atoms with Crippen LogP contribution in [0.15, 0.2) is 53.4 Å². The maximum Gasteiger partial charge on any atom is 0.225 e. The summed E-state index contributed by atoms with van der Waals surface area (Å²) in [6.07, 6.45) is 9.97. The van der Waals surface area contributed by atoms with Gasteiger partial charge in [-0.05, 0) is 96.0 Å². The zero-order chi connectivity index (χ0) is 26.9. The lowest BCUT2D eigenvalue weighted by molar-refractivity contribution is -0.117. The maximum absolute atomic E-state index is 12.9. The number of hydrogen-bond donors (Lipinski definition) is 2. The number of pyridine rings is 1. The van der Waals surface area contributed by atoms with Crippen LogP contribution in [0, 0.1) is 5.92 Å². The number of hydrogen-bond acceptors (Lipinski definition) is 6. The van der Waals surface area contributed by atoms with Gasteiger partial charge in [0, 0.05) is 36.8 Å². The van der Waals surface area contributed by atoms with Crippen molar-refractivity contribution in [2.45, 2.75) is 62.9 Å². The van der Waals surface area contributed by atoms with Crippen molar-refractivity contribution in [2.24, 2.45) is 11.7 Å². The highest BCUT2D eigenvalue weighted by atomic mass is 32.2. The lowest BCUT2D eigenvalue weighted by Gasteiger charge is -2.38. The zero-order valence-corrected chi connectivity index (χ0v) is 23.7. The molecule has 1 aromatic carbocycles. The molecule has 3 N–H and O–H groups in total. The number of anilines is 1. The van der Waals surface area contributed by atoms with Crippen molar-refractivity contribution in [3.05, 3.63) is 58.9 Å². The van der Waals surface area contributed by atoms with E-state index in [9.17, 15) is 13.2 Å². The summed E-state index contributed by atoms with van der Waals surface area (Å²) in [5, 5.41) is 7.16. The van der Waals surface area contributed by atoms with Gasteiger partial charge >= 0.3 is 0 Å². The van der Waals surface area contributed by atoms with E-state index in [0.717, 1.165) is 60.8 Å². The van der Waals surface area contributed by atoms with Crippen LogP contribution in [0.5, 0.6) is 0 Å². The molecule has 1 amide bonds. The van der Waals surface area contributed by atoms with Gasteiger partial charge in [-0.1, -0.05) is 24.3 Å². The minimum atomic E-state index is -3.20. The molecule has 38 heavy (non-hydrogen) atoms. The van der Waals surface area contributed by atoms with Crippen molar-refractivity contribution in [3.8, 4) is 22.3 Å². The van der Waals surface area contributed by atoms with Crippen molar-refractivity contribution in [3.63, 3.8) is 0 Å². The Morgan fingerprint density at radius 3 is 2.39 bits per heavy atom. The summed E-state index contributed by atoms with van der Waals surface area (Å²) < 4.78 is 25.1. The Bertz CT molecular complexity index is 1380. The molecule has 5 rings (SSSR count). The number of sulfonamides is 1. The first kappa shape index (κ1) is 27.0. The molecule has 2 aromatic heterocycles. The largest absolute Gasteiger partial charge is 0.321 e. The van der Waals surface area contributed by atoms with E-state index in [2.05, 4.69) is 46.0 Å². The second-order valence-corrected chi connectivity index (χ2v) is 13.7. The molecule has 9 heteroatoms. The van der Waals surface area contributed by atoms with Crippen LogP contribution in [0.4, 0.5) is 5.82 Å². The molecule has 0 unspecified atom stereocenters. The molecule has 2 aliphatic rings. The Morgan fingerprint density at radius 1 is 1.11 bits per heavy atom. The first-order chi connectivity index (χ1) is 18.1. The topological polar surface area (TPSA) is 105 Å². The number of thiophene rings is 1. The van der Waals surface area contributed by atoms with E-state index in [1.54, 1.807) is 18.4 Å². The number of carbonyl (C=O) groups is 1. The first-order valence-electron chi connectivity index (χ1n) is 13.3. The molecule has 0 spiro atoms. The number of nitrogens with zero attached hydrogens (tertiary/aromatic N) is 2. The van der Waals surface area contributed by atoms with Crippen LogP contribution >= 0.6 is 11.3 Å². The fraction of sp³-hybridized carbons (Fsp3) is 0.448. The average molecular weight is 553 g/mol. The highest BCUT2D eigenvalue weighted by Crippen LogP contribution is 2.40. The van der Waals surface area contributed by atoms with Crippen LogP contribution in [-0.2, 0) is 20.4 Å². The number of nitrogens with two attached hydrogens (primary N) is 1. The third-order valence-corrected chi connectivity index (χ3v) is 10.4. The Labute approximate surface area is 229 Å². The summed E-state index contributed by atoms with van der Waals surface area (Å²) in [5.74, 6) is 0.729. The van der Waals surface area contributed by atoms with Crippen LogP contribution in [-0.4, -0.2) is 43.0 Å². The third kappa shape index (κ3) is 5.86. The molecular weight excluding hydrogens is 516 g/mol. The van der Waals surface area contributed by atoms with Crippen LogP contribution in [0.2, 0.25) is 0 Å². The molecule has 2 fully saturated rings. The summed E-state index contributed by atoms with van der Waals surface area (Å²) in [6, 6.07) is 12.5. The summed E-state index contributed by atoms with van der Waals surface area (Å²) in [7, 11) is -1.55. The highest BCUT2D eigenvalue weighted by Gasteiger charge is 2.34. The predicted octanol–water partition coefficient (Wildman–Crippen LogP) is 5.59. The molecule has 0 radical (unpaired) electrons. The van der Waals surface area contributed by atoms with E-state index in [4.69, 9.17) is 5.73 Å². The normalized spacial score (nSPS) is 21.2. The molecule has 0 aliphatic heterocycles. The molecule has 2 aliphatic carbocycles. The molecule has 7 nitrogen and oxygen atoms in total. The molecular formula is C29H36N4O3S2. The molecule has 2 heterocycles. The van der Waals surface area contributed by atoms with E-state index in [-0.39, 0.29) is 23.4 Å². The second-order valence-electron chi connectivity index (χ2n) is 10.9. The number of benzene rings is 1. The van der Waals surface area contributed by atoms with Crippen LogP contribution in [0.1, 0.15) is 56.9 Å². The van der Waals surface area contributed by atoms with Crippen LogP contribution in [0.3, 0.4) is 0 Å². The van der Waals surface area contributed by atoms with Gasteiger partial charge in [0.15, 0.2) is 0 Å². The fourth-order valence-corrected chi connectivity index (χ4v) is 7.09. The monoisotopic (exact) mass is 552 g/mol. The average Bonchev–Trinajstić information content (AvgIpc) is 3.42. The third-order valence-electron chi connectivity index (χ3n) is 8.35. The van der Waals surface area contributed by atoms with Crippen molar-refractivity contribution in [2.75, 3.05) is 18.6 Å². The van der Waals surface area contributed by atoms with Crippen molar-refractivity contribution >= 4 is 33.1 Å². The Kier molecular flexibility index (Phi) is 7.73. The minimum Gasteiger partial charge on any atom is -0.321 e. The Hall–Kier alpha value is -2.59. The number of carbonyl (C=O) groups excluding carboxylic acids is 1. The van der Waals surface area contributed by atoms with Crippen LogP contribution in [0.25, 0.3) is 22.3 Å². The maximum atomic E-state index is 12.9. The molecule has 0 saturated heterocycles. The first-order valence-corrected chi connectivity index (χ1v) is 16.1. The SMILES string of the molecule is CN(C1CCC(CC(=O)Nc2cc(-c3ccsc3)c(-c3ccc(C4(N)CCC4)cc3)cn2)CC1)S(C)(=O)=O. The molecule has 2 saturated carbocycles. The van der Waals surface area contributed by atoms with Crippen molar-refractivity contribution in [1.82, 2.24) is 9.29 Å². The summed E-state index contributed by atoms with van der Waals surface area (Å²) in [4.78, 5) is 17.5. The van der Waals surface area contributed by atoms with Gasteiger partial charge < -0.3 is 11.1 Å². The van der Waals surface area contributed by atoms with E-state index in [1.165, 1.54) is 22.5 Å². The summed E-state index contributed by atoms with van der Waals surface area (Å²) >= 11 is 1.64. The highest BCUT2D eigenvalue weighted by molar-refractivity contribution is 7.88. The summed E-state index contributed by atoms with van der Waals surface area (Å²) in [5.41, 5.74) is 11.7. The van der Waals surface area contributed by atoms with Crippen LogP contribution < -0.4 is 11.1 Å². The van der Waals surface area contributed by atoms with Crippen molar-refractivity contribution in [1.29, 1.82) is 0 Å². The predicted molar refractivity (Wildman–Crippen MR) is 154 cm³/mol. The van der Waals surface area contributed by atoms with Gasteiger partial charge in [-0.25, -0.2) is 17.7 Å². The van der Waals surface area contributed by atoms with Gasteiger partial charge in [-0.3, -0.25) is 4.79 Å². The van der Waals surface area contributed by atoms with Crippen molar-refractivity contribution < 1.29 is 13.2 Å². The van der Waals surface area contributed by atoms with Gasteiger partial charge in [0.1, 0.15) is 5.82 Å². The molecule has 0 atom stereocenters. The quantitative estimate of drug-likeness (QED) is 0.379. The zero-order valence-electron chi connectivity index (χ0n) is 22.0. The van der Waals surface area contributed by atoms with Gasteiger partial charge in [-0.2, -0.15) is 11.3 Å². The fourth-order valence-electron chi connectivity index (χ4n) is 5.68. The van der Waals surface area contributed by atoms with E-state index < -0.39 is 10.0 Å².